The average Bonchev–Trinajstić information content (AvgIpc) is 3.33. The third kappa shape index (κ3) is 3.51. The van der Waals surface area contributed by atoms with Crippen LogP contribution in [0.15, 0.2) is 59.9 Å². The highest BCUT2D eigenvalue weighted by atomic mass is 32.2. The van der Waals surface area contributed by atoms with Crippen LogP contribution in [0.25, 0.3) is 16.2 Å². The van der Waals surface area contributed by atoms with Gasteiger partial charge in [-0.1, -0.05) is 23.5 Å². The summed E-state index contributed by atoms with van der Waals surface area (Å²) in [6, 6.07) is 10.7. The van der Waals surface area contributed by atoms with Gasteiger partial charge in [0.15, 0.2) is 0 Å². The topological polar surface area (TPSA) is 110 Å². The highest BCUT2D eigenvalue weighted by Gasteiger charge is 2.24. The van der Waals surface area contributed by atoms with E-state index in [1.807, 2.05) is 24.4 Å². The first-order valence-electron chi connectivity index (χ1n) is 9.37. The molecule has 1 fully saturated rings. The minimum Gasteiger partial charge on any atom is -0.367 e. The molecule has 4 aromatic rings. The lowest BCUT2D eigenvalue weighted by Gasteiger charge is -2.36. The number of para-hydroxylation sites is 1. The average molecular weight is 442 g/mol. The first-order valence-corrected chi connectivity index (χ1v) is 11.7. The second-order valence-corrected chi connectivity index (χ2v) is 9.43. The Hall–Kier alpha value is -3.02. The molecule has 11 heteroatoms. The van der Waals surface area contributed by atoms with E-state index in [0.717, 1.165) is 34.4 Å². The molecular weight excluding hydrogens is 422 g/mol. The number of nitrogens with two attached hydrogens (primary N) is 1. The standard InChI is InChI=1S/C19H19N7O2S2/c20-30(27,28)17-6-2-1-5-16(17)24-8-10-25(11-9-24)19-23-26-13-15(22-18(26)29-19)14-4-3-7-21-12-14/h1-7,12-13H,8-11H2,(H2,20,27,28). The molecule has 4 heterocycles. The Balaban J connectivity index is 1.33. The number of pyridine rings is 1. The first-order chi connectivity index (χ1) is 14.5. The van der Waals surface area contributed by atoms with Crippen molar-refractivity contribution in [3.8, 4) is 11.3 Å². The lowest BCUT2D eigenvalue weighted by Crippen LogP contribution is -2.47. The molecule has 1 aromatic carbocycles. The van der Waals surface area contributed by atoms with Crippen molar-refractivity contribution in [1.82, 2.24) is 19.6 Å². The van der Waals surface area contributed by atoms with E-state index in [0.29, 0.717) is 18.8 Å². The van der Waals surface area contributed by atoms with Crippen molar-refractivity contribution in [3.05, 3.63) is 55.0 Å². The van der Waals surface area contributed by atoms with Crippen molar-refractivity contribution in [2.45, 2.75) is 4.90 Å². The maximum absolute atomic E-state index is 11.9. The monoisotopic (exact) mass is 441 g/mol. The van der Waals surface area contributed by atoms with Crippen molar-refractivity contribution < 1.29 is 8.42 Å². The number of hydrogen-bond donors (Lipinski definition) is 1. The second kappa shape index (κ2) is 7.35. The van der Waals surface area contributed by atoms with E-state index in [1.54, 1.807) is 35.1 Å². The van der Waals surface area contributed by atoms with Gasteiger partial charge in [-0.2, -0.15) is 0 Å². The summed E-state index contributed by atoms with van der Waals surface area (Å²) in [5, 5.41) is 11.0. The largest absolute Gasteiger partial charge is 0.367 e. The molecule has 0 radical (unpaired) electrons. The van der Waals surface area contributed by atoms with Crippen molar-refractivity contribution in [3.63, 3.8) is 0 Å². The smallest absolute Gasteiger partial charge is 0.240 e. The molecule has 0 atom stereocenters. The van der Waals surface area contributed by atoms with Gasteiger partial charge < -0.3 is 9.80 Å². The Bertz CT molecular complexity index is 1260. The van der Waals surface area contributed by atoms with E-state index in [-0.39, 0.29) is 4.90 Å². The number of primary sulfonamides is 1. The van der Waals surface area contributed by atoms with E-state index in [2.05, 4.69) is 24.9 Å². The van der Waals surface area contributed by atoms with Gasteiger partial charge in [0, 0.05) is 44.1 Å². The van der Waals surface area contributed by atoms with Gasteiger partial charge in [-0.3, -0.25) is 4.98 Å². The number of imidazole rings is 1. The van der Waals surface area contributed by atoms with Crippen molar-refractivity contribution in [1.29, 1.82) is 0 Å². The lowest BCUT2D eigenvalue weighted by atomic mass is 10.2. The van der Waals surface area contributed by atoms with Crippen LogP contribution in [0.2, 0.25) is 0 Å². The Morgan fingerprint density at radius 2 is 1.77 bits per heavy atom. The highest BCUT2D eigenvalue weighted by Crippen LogP contribution is 2.29. The van der Waals surface area contributed by atoms with Crippen LogP contribution in [-0.2, 0) is 10.0 Å². The number of anilines is 2. The van der Waals surface area contributed by atoms with Crippen LogP contribution < -0.4 is 14.9 Å². The number of aromatic nitrogens is 4. The molecule has 0 amide bonds. The summed E-state index contributed by atoms with van der Waals surface area (Å²) < 4.78 is 25.6. The predicted octanol–water partition coefficient (Wildman–Crippen LogP) is 1.83. The molecule has 1 aliphatic rings. The van der Waals surface area contributed by atoms with Crippen molar-refractivity contribution >= 4 is 37.1 Å². The maximum Gasteiger partial charge on any atom is 0.240 e. The van der Waals surface area contributed by atoms with E-state index < -0.39 is 10.0 Å². The fourth-order valence-electron chi connectivity index (χ4n) is 3.57. The minimum atomic E-state index is -3.77. The minimum absolute atomic E-state index is 0.161. The van der Waals surface area contributed by atoms with Crippen LogP contribution in [0.4, 0.5) is 10.8 Å². The van der Waals surface area contributed by atoms with E-state index in [4.69, 9.17) is 5.14 Å². The molecular formula is C19H19N7O2S2. The van der Waals surface area contributed by atoms with Crippen LogP contribution in [0, 0.1) is 0 Å². The third-order valence-electron chi connectivity index (χ3n) is 5.05. The third-order valence-corrected chi connectivity index (χ3v) is 6.99. The summed E-state index contributed by atoms with van der Waals surface area (Å²) in [7, 11) is -3.77. The first kappa shape index (κ1) is 19.0. The number of hydrogen-bond acceptors (Lipinski definition) is 8. The predicted molar refractivity (Wildman–Crippen MR) is 116 cm³/mol. The summed E-state index contributed by atoms with van der Waals surface area (Å²) >= 11 is 1.54. The molecule has 154 valence electrons. The highest BCUT2D eigenvalue weighted by molar-refractivity contribution is 7.89. The number of fused-ring (bicyclic) bond motifs is 1. The summed E-state index contributed by atoms with van der Waals surface area (Å²) in [5.41, 5.74) is 2.45. The lowest BCUT2D eigenvalue weighted by molar-refractivity contribution is 0.595. The molecule has 0 spiro atoms. The number of rotatable bonds is 4. The Morgan fingerprint density at radius 1 is 1.00 bits per heavy atom. The van der Waals surface area contributed by atoms with Gasteiger partial charge in [0.05, 0.1) is 17.6 Å². The quantitative estimate of drug-likeness (QED) is 0.514. The Labute approximate surface area is 177 Å². The van der Waals surface area contributed by atoms with Gasteiger partial charge >= 0.3 is 0 Å². The zero-order chi connectivity index (χ0) is 20.7. The van der Waals surface area contributed by atoms with Crippen molar-refractivity contribution in [2.24, 2.45) is 5.14 Å². The fourth-order valence-corrected chi connectivity index (χ4v) is 5.26. The zero-order valence-corrected chi connectivity index (χ0v) is 17.6. The van der Waals surface area contributed by atoms with E-state index in [9.17, 15) is 8.42 Å². The number of sulfonamides is 1. The molecule has 9 nitrogen and oxygen atoms in total. The van der Waals surface area contributed by atoms with E-state index >= 15 is 0 Å². The molecule has 0 bridgehead atoms. The molecule has 0 aliphatic carbocycles. The molecule has 0 unspecified atom stereocenters. The Morgan fingerprint density at radius 3 is 2.47 bits per heavy atom. The maximum atomic E-state index is 11.9. The molecule has 2 N–H and O–H groups in total. The van der Waals surface area contributed by atoms with Crippen LogP contribution in [0.5, 0.6) is 0 Å². The fraction of sp³-hybridized carbons (Fsp3) is 0.211. The molecule has 0 saturated carbocycles. The van der Waals surface area contributed by atoms with Gasteiger partial charge in [0.1, 0.15) is 4.90 Å². The second-order valence-electron chi connectivity index (χ2n) is 6.97. The molecule has 1 saturated heterocycles. The summed E-state index contributed by atoms with van der Waals surface area (Å²) in [5.74, 6) is 0. The summed E-state index contributed by atoms with van der Waals surface area (Å²) in [6.07, 6.45) is 5.43. The van der Waals surface area contributed by atoms with Gasteiger partial charge in [0.2, 0.25) is 20.1 Å². The zero-order valence-electron chi connectivity index (χ0n) is 15.9. The van der Waals surface area contributed by atoms with Crippen LogP contribution >= 0.6 is 11.3 Å². The number of piperazine rings is 1. The van der Waals surface area contributed by atoms with Crippen LogP contribution in [0.3, 0.4) is 0 Å². The number of benzene rings is 1. The van der Waals surface area contributed by atoms with Crippen LogP contribution in [0.1, 0.15) is 0 Å². The SMILES string of the molecule is NS(=O)(=O)c1ccccc1N1CCN(c2nn3cc(-c4cccnc4)nc3s2)CC1. The van der Waals surface area contributed by atoms with E-state index in [1.165, 1.54) is 11.3 Å². The Kier molecular flexibility index (Phi) is 4.65. The summed E-state index contributed by atoms with van der Waals surface area (Å²) in [6.45, 7) is 2.81. The molecule has 5 rings (SSSR count). The molecule has 30 heavy (non-hydrogen) atoms. The van der Waals surface area contributed by atoms with Gasteiger partial charge in [0.25, 0.3) is 0 Å². The van der Waals surface area contributed by atoms with Gasteiger partial charge in [-0.05, 0) is 24.3 Å². The van der Waals surface area contributed by atoms with Gasteiger partial charge in [-0.25, -0.2) is 23.1 Å². The molecule has 1 aliphatic heterocycles. The number of nitrogens with zero attached hydrogens (tertiary/aromatic N) is 6. The van der Waals surface area contributed by atoms with Crippen LogP contribution in [-0.4, -0.2) is 54.2 Å². The normalized spacial score (nSPS) is 15.1. The van der Waals surface area contributed by atoms with Gasteiger partial charge in [-0.15, -0.1) is 5.10 Å². The van der Waals surface area contributed by atoms with Crippen molar-refractivity contribution in [2.75, 3.05) is 36.0 Å². The molecule has 3 aromatic heterocycles. The summed E-state index contributed by atoms with van der Waals surface area (Å²) in [4.78, 5) is 14.0.